The van der Waals surface area contributed by atoms with Crippen molar-refractivity contribution in [3.05, 3.63) is 23.8 Å². The summed E-state index contributed by atoms with van der Waals surface area (Å²) in [5.41, 5.74) is 5.12. The highest BCUT2D eigenvalue weighted by molar-refractivity contribution is 5.97. The van der Waals surface area contributed by atoms with Crippen LogP contribution in [0, 0.1) is 5.92 Å². The molecule has 2 rings (SSSR count). The van der Waals surface area contributed by atoms with Gasteiger partial charge in [-0.2, -0.15) is 0 Å². The minimum atomic E-state index is -1.39. The molecule has 1 aromatic carbocycles. The summed E-state index contributed by atoms with van der Waals surface area (Å²) in [6.45, 7) is 4.62. The van der Waals surface area contributed by atoms with Gasteiger partial charge in [0.15, 0.2) is 17.3 Å². The number of carboxylic acids is 1. The van der Waals surface area contributed by atoms with E-state index in [4.69, 9.17) is 15.2 Å². The summed E-state index contributed by atoms with van der Waals surface area (Å²) in [6, 6.07) is 5.00. The normalized spacial score (nSPS) is 17.2. The van der Waals surface area contributed by atoms with Crippen LogP contribution in [0.1, 0.15) is 43.5 Å². The largest absolute Gasteiger partial charge is 0.486 e. The maximum Gasteiger partial charge on any atom is 0.323 e. The number of nitrogens with two attached hydrogens (primary N) is 1. The fourth-order valence-electron chi connectivity index (χ4n) is 2.61. The summed E-state index contributed by atoms with van der Waals surface area (Å²) in [7, 11) is 0. The standard InChI is InChI=1S/C17H23NO5/c1-3-11(2)17(18,16(20)21)7-6-13(19)12-4-5-14-15(10-12)23-9-8-22-14/h4-5,10-11H,3,6-9,18H2,1-2H3,(H,20,21)/t11-,17-/m0/s1. The van der Waals surface area contributed by atoms with E-state index in [2.05, 4.69) is 0 Å². The van der Waals surface area contributed by atoms with Crippen LogP contribution in [0.25, 0.3) is 0 Å². The summed E-state index contributed by atoms with van der Waals surface area (Å²) < 4.78 is 10.9. The van der Waals surface area contributed by atoms with Crippen molar-refractivity contribution in [1.29, 1.82) is 0 Å². The molecule has 1 aliphatic rings. The molecule has 0 bridgehead atoms. The van der Waals surface area contributed by atoms with Crippen molar-refractivity contribution in [2.24, 2.45) is 11.7 Å². The number of carboxylic acid groups (broad SMARTS) is 1. The van der Waals surface area contributed by atoms with Gasteiger partial charge < -0.3 is 20.3 Å². The predicted molar refractivity (Wildman–Crippen MR) is 85.0 cm³/mol. The first-order valence-corrected chi connectivity index (χ1v) is 7.83. The van der Waals surface area contributed by atoms with Crippen LogP contribution in [0.3, 0.4) is 0 Å². The zero-order valence-corrected chi connectivity index (χ0v) is 13.5. The Morgan fingerprint density at radius 2 is 1.96 bits per heavy atom. The van der Waals surface area contributed by atoms with Gasteiger partial charge in [-0.25, -0.2) is 0 Å². The average Bonchev–Trinajstić information content (AvgIpc) is 2.57. The lowest BCUT2D eigenvalue weighted by molar-refractivity contribution is -0.145. The second kappa shape index (κ2) is 7.00. The number of fused-ring (bicyclic) bond motifs is 1. The molecule has 6 nitrogen and oxygen atoms in total. The van der Waals surface area contributed by atoms with Crippen LogP contribution < -0.4 is 15.2 Å². The van der Waals surface area contributed by atoms with Crippen molar-refractivity contribution in [2.45, 2.75) is 38.6 Å². The number of hydrogen-bond acceptors (Lipinski definition) is 5. The maximum atomic E-state index is 12.4. The van der Waals surface area contributed by atoms with Crippen LogP contribution in [0.4, 0.5) is 0 Å². The summed E-state index contributed by atoms with van der Waals surface area (Å²) in [5.74, 6) is -0.274. The van der Waals surface area contributed by atoms with Gasteiger partial charge in [0, 0.05) is 12.0 Å². The lowest BCUT2D eigenvalue weighted by Crippen LogP contribution is -2.53. The predicted octanol–water partition coefficient (Wildman–Crippen LogP) is 2.25. The zero-order valence-electron chi connectivity index (χ0n) is 13.5. The van der Waals surface area contributed by atoms with Gasteiger partial charge in [-0.1, -0.05) is 20.3 Å². The Morgan fingerprint density at radius 1 is 1.30 bits per heavy atom. The molecule has 0 saturated heterocycles. The second-order valence-corrected chi connectivity index (χ2v) is 5.94. The fourth-order valence-corrected chi connectivity index (χ4v) is 2.61. The molecule has 0 aliphatic carbocycles. The third-order valence-electron chi connectivity index (χ3n) is 4.52. The highest BCUT2D eigenvalue weighted by Crippen LogP contribution is 2.32. The van der Waals surface area contributed by atoms with Gasteiger partial charge in [0.25, 0.3) is 0 Å². The van der Waals surface area contributed by atoms with E-state index in [0.717, 1.165) is 0 Å². The smallest absolute Gasteiger partial charge is 0.323 e. The Labute approximate surface area is 135 Å². The van der Waals surface area contributed by atoms with Gasteiger partial charge in [0.1, 0.15) is 18.8 Å². The van der Waals surface area contributed by atoms with Crippen molar-refractivity contribution in [1.82, 2.24) is 0 Å². The molecule has 6 heteroatoms. The molecule has 2 atom stereocenters. The third kappa shape index (κ3) is 3.64. The van der Waals surface area contributed by atoms with E-state index in [-0.39, 0.29) is 24.5 Å². The highest BCUT2D eigenvalue weighted by Gasteiger charge is 2.39. The van der Waals surface area contributed by atoms with E-state index in [0.29, 0.717) is 36.7 Å². The first-order valence-electron chi connectivity index (χ1n) is 7.83. The van der Waals surface area contributed by atoms with Crippen LogP contribution in [0.15, 0.2) is 18.2 Å². The highest BCUT2D eigenvalue weighted by atomic mass is 16.6. The van der Waals surface area contributed by atoms with E-state index in [1.54, 1.807) is 25.1 Å². The Hall–Kier alpha value is -2.08. The minimum Gasteiger partial charge on any atom is -0.486 e. The second-order valence-electron chi connectivity index (χ2n) is 5.94. The summed E-state index contributed by atoms with van der Waals surface area (Å²) in [6.07, 6.45) is 0.818. The molecule has 1 heterocycles. The number of ketones is 1. The molecule has 0 spiro atoms. The lowest BCUT2D eigenvalue weighted by Gasteiger charge is -2.30. The third-order valence-corrected chi connectivity index (χ3v) is 4.52. The van der Waals surface area contributed by atoms with Crippen LogP contribution in [0.5, 0.6) is 11.5 Å². The van der Waals surface area contributed by atoms with Crippen molar-refractivity contribution in [2.75, 3.05) is 13.2 Å². The molecule has 126 valence electrons. The number of rotatable bonds is 7. The number of aliphatic carboxylic acids is 1. The Morgan fingerprint density at radius 3 is 2.57 bits per heavy atom. The molecule has 0 amide bonds. The van der Waals surface area contributed by atoms with Gasteiger partial charge in [-0.05, 0) is 30.5 Å². The van der Waals surface area contributed by atoms with Crippen LogP contribution in [-0.4, -0.2) is 35.6 Å². The first-order chi connectivity index (χ1) is 10.9. The SMILES string of the molecule is CC[C@H](C)[C@@](N)(CCC(=O)c1ccc2c(c1)OCCO2)C(=O)O. The zero-order chi connectivity index (χ0) is 17.0. The molecule has 3 N–H and O–H groups in total. The van der Waals surface area contributed by atoms with Gasteiger partial charge >= 0.3 is 5.97 Å². The minimum absolute atomic E-state index is 0.0762. The van der Waals surface area contributed by atoms with E-state index >= 15 is 0 Å². The monoisotopic (exact) mass is 321 g/mol. The van der Waals surface area contributed by atoms with E-state index in [1.807, 2.05) is 6.92 Å². The van der Waals surface area contributed by atoms with E-state index < -0.39 is 11.5 Å². The molecule has 0 aromatic heterocycles. The quantitative estimate of drug-likeness (QED) is 0.747. The number of Topliss-reactive ketones (excluding diaryl/α,β-unsaturated/α-hetero) is 1. The summed E-state index contributed by atoms with van der Waals surface area (Å²) in [5, 5.41) is 9.40. The molecule has 0 saturated carbocycles. The number of benzene rings is 1. The Kier molecular flexibility index (Phi) is 5.26. The molecule has 0 radical (unpaired) electrons. The molecule has 0 unspecified atom stereocenters. The Balaban J connectivity index is 2.08. The lowest BCUT2D eigenvalue weighted by atomic mass is 9.80. The number of carbonyl (C=O) groups excluding carboxylic acids is 1. The molecule has 1 aliphatic heterocycles. The summed E-state index contributed by atoms with van der Waals surface area (Å²) >= 11 is 0. The van der Waals surface area contributed by atoms with Crippen molar-refractivity contribution in [3.8, 4) is 11.5 Å². The number of hydrogen-bond donors (Lipinski definition) is 2. The molecule has 1 aromatic rings. The number of carbonyl (C=O) groups is 2. The van der Waals surface area contributed by atoms with E-state index in [1.165, 1.54) is 0 Å². The summed E-state index contributed by atoms with van der Waals surface area (Å²) in [4.78, 5) is 23.9. The van der Waals surface area contributed by atoms with Gasteiger partial charge in [0.05, 0.1) is 0 Å². The van der Waals surface area contributed by atoms with Crippen LogP contribution >= 0.6 is 0 Å². The van der Waals surface area contributed by atoms with Crippen LogP contribution in [-0.2, 0) is 4.79 Å². The molecule has 23 heavy (non-hydrogen) atoms. The van der Waals surface area contributed by atoms with Crippen LogP contribution in [0.2, 0.25) is 0 Å². The molecule has 0 fully saturated rings. The van der Waals surface area contributed by atoms with Crippen molar-refractivity contribution < 1.29 is 24.2 Å². The number of ether oxygens (including phenoxy) is 2. The molecular formula is C17H23NO5. The fraction of sp³-hybridized carbons (Fsp3) is 0.529. The maximum absolute atomic E-state index is 12.4. The van der Waals surface area contributed by atoms with E-state index in [9.17, 15) is 14.7 Å². The van der Waals surface area contributed by atoms with Crippen molar-refractivity contribution in [3.63, 3.8) is 0 Å². The van der Waals surface area contributed by atoms with Gasteiger partial charge in [0.2, 0.25) is 0 Å². The average molecular weight is 321 g/mol. The topological polar surface area (TPSA) is 98.9 Å². The van der Waals surface area contributed by atoms with Gasteiger partial charge in [-0.3, -0.25) is 9.59 Å². The van der Waals surface area contributed by atoms with Crippen molar-refractivity contribution >= 4 is 11.8 Å². The molecular weight excluding hydrogens is 298 g/mol. The Bertz CT molecular complexity index is 601. The van der Waals surface area contributed by atoms with Gasteiger partial charge in [-0.15, -0.1) is 0 Å². The first kappa shape index (κ1) is 17.3.